The van der Waals surface area contributed by atoms with Crippen LogP contribution in [0.3, 0.4) is 0 Å². The average Bonchev–Trinajstić information content (AvgIpc) is 2.48. The molecule has 0 radical (unpaired) electrons. The highest BCUT2D eigenvalue weighted by molar-refractivity contribution is 5.85. The maximum absolute atomic E-state index is 10.6. The number of aryl methyl sites for hydroxylation is 1. The summed E-state index contributed by atoms with van der Waals surface area (Å²) in [6, 6.07) is 9.61. The van der Waals surface area contributed by atoms with Crippen LogP contribution in [0.15, 0.2) is 48.8 Å². The number of ether oxygens (including phenoxy) is 1. The van der Waals surface area contributed by atoms with Gasteiger partial charge in [-0.3, -0.25) is 4.98 Å². The van der Waals surface area contributed by atoms with Gasteiger partial charge in [-0.1, -0.05) is 11.6 Å². The maximum Gasteiger partial charge on any atom is 0.328 e. The fraction of sp³-hybridized carbons (Fsp3) is 0.176. The first-order valence-corrected chi connectivity index (χ1v) is 6.68. The van der Waals surface area contributed by atoms with Crippen molar-refractivity contribution in [2.24, 2.45) is 0 Å². The summed E-state index contributed by atoms with van der Waals surface area (Å²) in [6.45, 7) is 2.49. The Balaban J connectivity index is 2.03. The van der Waals surface area contributed by atoms with Crippen LogP contribution in [0.5, 0.6) is 5.75 Å². The molecule has 0 saturated carbocycles. The van der Waals surface area contributed by atoms with E-state index in [2.05, 4.69) is 4.98 Å². The van der Waals surface area contributed by atoms with Crippen LogP contribution in [0.1, 0.15) is 16.7 Å². The number of rotatable bonds is 6. The highest BCUT2D eigenvalue weighted by Crippen LogP contribution is 2.21. The van der Waals surface area contributed by atoms with Crippen molar-refractivity contribution in [1.29, 1.82) is 0 Å². The third-order valence-electron chi connectivity index (χ3n) is 2.97. The second-order valence-corrected chi connectivity index (χ2v) is 4.67. The average molecular weight is 283 g/mol. The fourth-order valence-corrected chi connectivity index (χ4v) is 1.92. The zero-order chi connectivity index (χ0) is 15.1. The van der Waals surface area contributed by atoms with Gasteiger partial charge in [0.15, 0.2) is 0 Å². The molecule has 4 nitrogen and oxygen atoms in total. The van der Waals surface area contributed by atoms with Crippen LogP contribution in [0.4, 0.5) is 0 Å². The Labute approximate surface area is 123 Å². The molecule has 108 valence electrons. The highest BCUT2D eigenvalue weighted by Gasteiger charge is 2.02. The minimum Gasteiger partial charge on any atom is -0.493 e. The second kappa shape index (κ2) is 7.24. The van der Waals surface area contributed by atoms with Crippen molar-refractivity contribution in [2.45, 2.75) is 13.3 Å². The van der Waals surface area contributed by atoms with Gasteiger partial charge in [-0.15, -0.1) is 0 Å². The molecule has 4 heteroatoms. The number of hydrogen-bond acceptors (Lipinski definition) is 3. The molecule has 0 atom stereocenters. The Morgan fingerprint density at radius 2 is 2.05 bits per heavy atom. The molecular formula is C17H17NO3. The molecule has 2 rings (SSSR count). The predicted molar refractivity (Wildman–Crippen MR) is 81.3 cm³/mol. The van der Waals surface area contributed by atoms with Crippen molar-refractivity contribution < 1.29 is 14.6 Å². The largest absolute Gasteiger partial charge is 0.493 e. The Kier molecular flexibility index (Phi) is 5.10. The zero-order valence-corrected chi connectivity index (χ0v) is 11.8. The van der Waals surface area contributed by atoms with Gasteiger partial charge < -0.3 is 9.84 Å². The molecule has 0 unspecified atom stereocenters. The molecule has 0 aliphatic rings. The van der Waals surface area contributed by atoms with Crippen LogP contribution >= 0.6 is 0 Å². The highest BCUT2D eigenvalue weighted by atomic mass is 16.5. The van der Waals surface area contributed by atoms with Gasteiger partial charge in [0.2, 0.25) is 0 Å². The summed E-state index contributed by atoms with van der Waals surface area (Å²) >= 11 is 0. The Bertz CT molecular complexity index is 636. The van der Waals surface area contributed by atoms with Gasteiger partial charge in [0, 0.05) is 30.5 Å². The van der Waals surface area contributed by atoms with Crippen molar-refractivity contribution in [3.63, 3.8) is 0 Å². The van der Waals surface area contributed by atoms with E-state index in [9.17, 15) is 4.79 Å². The molecule has 2 aromatic rings. The summed E-state index contributed by atoms with van der Waals surface area (Å²) < 4.78 is 5.76. The molecule has 0 aliphatic heterocycles. The third-order valence-corrected chi connectivity index (χ3v) is 2.97. The summed E-state index contributed by atoms with van der Waals surface area (Å²) in [7, 11) is 0. The first-order chi connectivity index (χ1) is 10.1. The van der Waals surface area contributed by atoms with Crippen LogP contribution in [-0.2, 0) is 11.2 Å². The fourth-order valence-electron chi connectivity index (χ4n) is 1.92. The number of carboxylic acids is 1. The number of carbonyl (C=O) groups is 1. The lowest BCUT2D eigenvalue weighted by molar-refractivity contribution is -0.131. The van der Waals surface area contributed by atoms with E-state index in [1.807, 2.05) is 37.3 Å². The van der Waals surface area contributed by atoms with Crippen LogP contribution in [0, 0.1) is 6.92 Å². The van der Waals surface area contributed by atoms with Crippen LogP contribution in [0.25, 0.3) is 6.08 Å². The van der Waals surface area contributed by atoms with E-state index >= 15 is 0 Å². The van der Waals surface area contributed by atoms with E-state index in [0.717, 1.165) is 29.2 Å². The van der Waals surface area contributed by atoms with E-state index in [0.29, 0.717) is 12.4 Å². The predicted octanol–water partition coefficient (Wildman–Crippen LogP) is 3.11. The SMILES string of the molecule is Cc1ccc(OCCc2ccncc2)c(C=CC(=O)O)c1. The number of pyridine rings is 1. The Morgan fingerprint density at radius 3 is 2.76 bits per heavy atom. The van der Waals surface area contributed by atoms with Crippen molar-refractivity contribution in [2.75, 3.05) is 6.61 Å². The molecule has 0 bridgehead atoms. The number of aliphatic carboxylic acids is 1. The van der Waals surface area contributed by atoms with Crippen molar-refractivity contribution in [3.8, 4) is 5.75 Å². The van der Waals surface area contributed by atoms with E-state index in [4.69, 9.17) is 9.84 Å². The Morgan fingerprint density at radius 1 is 1.29 bits per heavy atom. The third kappa shape index (κ3) is 4.76. The van der Waals surface area contributed by atoms with Crippen molar-refractivity contribution >= 4 is 12.0 Å². The summed E-state index contributed by atoms with van der Waals surface area (Å²) in [6.07, 6.45) is 6.95. The van der Waals surface area contributed by atoms with E-state index in [1.54, 1.807) is 18.5 Å². The van der Waals surface area contributed by atoms with Gasteiger partial charge in [-0.2, -0.15) is 0 Å². The minimum atomic E-state index is -0.973. The number of benzene rings is 1. The van der Waals surface area contributed by atoms with Crippen molar-refractivity contribution in [3.05, 3.63) is 65.5 Å². The standard InChI is InChI=1S/C17H17NO3/c1-13-2-4-16(15(12-13)3-5-17(19)20)21-11-8-14-6-9-18-10-7-14/h2-7,9-10,12H,8,11H2,1H3,(H,19,20). The minimum absolute atomic E-state index is 0.529. The first-order valence-electron chi connectivity index (χ1n) is 6.68. The molecule has 0 fully saturated rings. The summed E-state index contributed by atoms with van der Waals surface area (Å²) in [5, 5.41) is 8.73. The molecule has 1 heterocycles. The molecule has 1 aromatic heterocycles. The number of carboxylic acid groups (broad SMARTS) is 1. The Hall–Kier alpha value is -2.62. The monoisotopic (exact) mass is 283 g/mol. The molecule has 1 N–H and O–H groups in total. The van der Waals surface area contributed by atoms with E-state index in [1.165, 1.54) is 0 Å². The quantitative estimate of drug-likeness (QED) is 0.827. The lowest BCUT2D eigenvalue weighted by atomic mass is 10.1. The molecular weight excluding hydrogens is 266 g/mol. The van der Waals surface area contributed by atoms with Gasteiger partial charge >= 0.3 is 5.97 Å². The normalized spacial score (nSPS) is 10.7. The van der Waals surface area contributed by atoms with Gasteiger partial charge in [-0.25, -0.2) is 4.79 Å². The molecule has 1 aromatic carbocycles. The number of hydrogen-bond donors (Lipinski definition) is 1. The summed E-state index contributed by atoms with van der Waals surface area (Å²) in [5.74, 6) is -0.286. The zero-order valence-electron chi connectivity index (χ0n) is 11.8. The van der Waals surface area contributed by atoms with Crippen molar-refractivity contribution in [1.82, 2.24) is 4.98 Å². The molecule has 0 spiro atoms. The lowest BCUT2D eigenvalue weighted by Gasteiger charge is -2.10. The lowest BCUT2D eigenvalue weighted by Crippen LogP contribution is -2.02. The smallest absolute Gasteiger partial charge is 0.328 e. The summed E-state index contributed by atoms with van der Waals surface area (Å²) in [5.41, 5.74) is 2.98. The molecule has 0 aliphatic carbocycles. The molecule has 21 heavy (non-hydrogen) atoms. The van der Waals surface area contributed by atoms with E-state index < -0.39 is 5.97 Å². The molecule has 0 amide bonds. The maximum atomic E-state index is 10.6. The first kappa shape index (κ1) is 14.8. The van der Waals surface area contributed by atoms with E-state index in [-0.39, 0.29) is 0 Å². The van der Waals surface area contributed by atoms with Gasteiger partial charge in [0.25, 0.3) is 0 Å². The summed E-state index contributed by atoms with van der Waals surface area (Å²) in [4.78, 5) is 14.6. The van der Waals surface area contributed by atoms with Gasteiger partial charge in [-0.05, 0) is 42.8 Å². The van der Waals surface area contributed by atoms with Crippen LogP contribution in [-0.4, -0.2) is 22.7 Å². The number of aromatic nitrogens is 1. The van der Waals surface area contributed by atoms with Gasteiger partial charge in [0.05, 0.1) is 6.61 Å². The second-order valence-electron chi connectivity index (χ2n) is 4.67. The van der Waals surface area contributed by atoms with Crippen LogP contribution < -0.4 is 4.74 Å². The van der Waals surface area contributed by atoms with Gasteiger partial charge in [0.1, 0.15) is 5.75 Å². The van der Waals surface area contributed by atoms with Crippen LogP contribution in [0.2, 0.25) is 0 Å². The molecule has 0 saturated heterocycles. The number of nitrogens with zero attached hydrogens (tertiary/aromatic N) is 1. The topological polar surface area (TPSA) is 59.4 Å².